The summed E-state index contributed by atoms with van der Waals surface area (Å²) in [6.45, 7) is 27.5. The lowest BCUT2D eigenvalue weighted by Crippen LogP contribution is -2.40. The van der Waals surface area contributed by atoms with E-state index in [2.05, 4.69) is 54.7 Å². The fourth-order valence-corrected chi connectivity index (χ4v) is 13.9. The normalized spacial score (nSPS) is 40.1. The van der Waals surface area contributed by atoms with Gasteiger partial charge in [-0.25, -0.2) is 0 Å². The molecule has 54 heavy (non-hydrogen) atoms. The second-order valence-corrected chi connectivity index (χ2v) is 21.2. The van der Waals surface area contributed by atoms with Crippen LogP contribution in [0.3, 0.4) is 0 Å². The number of carbonyl (C=O) groups excluding carboxylic acids is 4. The first-order chi connectivity index (χ1) is 25.2. The lowest BCUT2D eigenvalue weighted by molar-refractivity contribution is -0.154. The molecule has 12 unspecified atom stereocenters. The van der Waals surface area contributed by atoms with E-state index in [1.165, 1.54) is 19.3 Å². The Bertz CT molecular complexity index is 1560. The molecule has 7 aliphatic carbocycles. The molecule has 0 aliphatic heterocycles. The standard InChI is InChI=1S/C46H70N2O6/c1-27(2)41(51)47(17-13-39(49)53-37-23-45(9)15-11-35(37)43(45,5)6)25-29-19-32-30-21-31(33(22-30)34(32)20-29)26-48(42(52)28(3)4)18-14-40(50)54-38-24-46(10)16-12-36(38)44(46,7)8/h29-38H,1,3,11-26H2,2,4-10H3. The molecule has 7 fully saturated rings. The van der Waals surface area contributed by atoms with Gasteiger partial charge in [0.2, 0.25) is 11.8 Å². The third kappa shape index (κ3) is 6.69. The summed E-state index contributed by atoms with van der Waals surface area (Å²) >= 11 is 0. The van der Waals surface area contributed by atoms with E-state index in [4.69, 9.17) is 9.47 Å². The molecule has 8 heteroatoms. The topological polar surface area (TPSA) is 93.2 Å². The van der Waals surface area contributed by atoms with Crippen molar-refractivity contribution in [3.8, 4) is 0 Å². The van der Waals surface area contributed by atoms with Gasteiger partial charge in [0, 0.05) is 49.2 Å². The maximum Gasteiger partial charge on any atom is 0.307 e. The van der Waals surface area contributed by atoms with E-state index in [1.54, 1.807) is 13.8 Å². The summed E-state index contributed by atoms with van der Waals surface area (Å²) < 4.78 is 12.2. The monoisotopic (exact) mass is 747 g/mol. The predicted molar refractivity (Wildman–Crippen MR) is 210 cm³/mol. The number of fused-ring (bicyclic) bond motifs is 9. The molecule has 0 saturated heterocycles. The van der Waals surface area contributed by atoms with Crippen molar-refractivity contribution in [1.29, 1.82) is 0 Å². The lowest BCUT2D eigenvalue weighted by atomic mass is 9.71. The summed E-state index contributed by atoms with van der Waals surface area (Å²) in [6, 6.07) is 0. The minimum absolute atomic E-state index is 0.0202. The van der Waals surface area contributed by atoms with Crippen molar-refractivity contribution in [2.45, 2.75) is 145 Å². The molecule has 0 N–H and O–H groups in total. The number of carbonyl (C=O) groups is 4. The SMILES string of the molecule is C=C(C)C(=O)N(CCC(=O)OC1CC2(C)CCC1C2(C)C)CC1CC2C3CC(CN(CCC(=O)OC4CC5(C)CCC4C5(C)C)C(=O)C(=C)C)C(C3)C2C1. The van der Waals surface area contributed by atoms with Gasteiger partial charge in [0.05, 0.1) is 12.8 Å². The van der Waals surface area contributed by atoms with E-state index in [-0.39, 0.29) is 70.5 Å². The second-order valence-electron chi connectivity index (χ2n) is 21.2. The largest absolute Gasteiger partial charge is 0.462 e. The maximum atomic E-state index is 13.4. The highest BCUT2D eigenvalue weighted by molar-refractivity contribution is 5.93. The molecule has 300 valence electrons. The van der Waals surface area contributed by atoms with Crippen LogP contribution in [0.1, 0.15) is 132 Å². The third-order valence-electron chi connectivity index (χ3n) is 17.9. The number of amides is 2. The maximum absolute atomic E-state index is 13.4. The highest BCUT2D eigenvalue weighted by Crippen LogP contribution is 2.67. The quantitative estimate of drug-likeness (QED) is 0.131. The molecule has 12 atom stereocenters. The molecule has 0 spiro atoms. The summed E-state index contributed by atoms with van der Waals surface area (Å²) in [5.41, 5.74) is 1.81. The van der Waals surface area contributed by atoms with Crippen molar-refractivity contribution in [3.63, 3.8) is 0 Å². The average Bonchev–Trinajstić information content (AvgIpc) is 3.91. The van der Waals surface area contributed by atoms with Crippen molar-refractivity contribution < 1.29 is 28.7 Å². The van der Waals surface area contributed by atoms with Crippen LogP contribution in [0.2, 0.25) is 0 Å². The number of esters is 2. The van der Waals surface area contributed by atoms with E-state index >= 15 is 0 Å². The molecule has 0 heterocycles. The summed E-state index contributed by atoms with van der Waals surface area (Å²) in [5, 5.41) is 0. The Morgan fingerprint density at radius 3 is 1.52 bits per heavy atom. The first kappa shape index (κ1) is 39.6. The fraction of sp³-hybridized carbons (Fsp3) is 0.826. The van der Waals surface area contributed by atoms with E-state index in [1.807, 2.05) is 9.80 Å². The highest BCUT2D eigenvalue weighted by atomic mass is 16.5. The van der Waals surface area contributed by atoms with Crippen molar-refractivity contribution in [2.24, 2.45) is 69.0 Å². The number of hydrogen-bond acceptors (Lipinski definition) is 6. The van der Waals surface area contributed by atoms with Crippen LogP contribution in [0.4, 0.5) is 0 Å². The number of rotatable bonds is 14. The van der Waals surface area contributed by atoms with Gasteiger partial charge in [-0.1, -0.05) is 54.7 Å². The van der Waals surface area contributed by atoms with Crippen molar-refractivity contribution in [3.05, 3.63) is 24.3 Å². The number of ether oxygens (including phenoxy) is 2. The Morgan fingerprint density at radius 1 is 0.630 bits per heavy atom. The third-order valence-corrected chi connectivity index (χ3v) is 17.9. The van der Waals surface area contributed by atoms with Crippen molar-refractivity contribution in [1.82, 2.24) is 9.80 Å². The molecule has 0 aromatic carbocycles. The molecule has 0 radical (unpaired) electrons. The van der Waals surface area contributed by atoms with Gasteiger partial charge < -0.3 is 19.3 Å². The Labute approximate surface area is 325 Å². The van der Waals surface area contributed by atoms with E-state index < -0.39 is 0 Å². The Hall–Kier alpha value is -2.64. The summed E-state index contributed by atoms with van der Waals surface area (Å²) in [6.07, 6.45) is 11.4. The molecule has 2 amide bonds. The van der Waals surface area contributed by atoms with Crippen LogP contribution in [-0.4, -0.2) is 71.9 Å². The Morgan fingerprint density at radius 2 is 1.09 bits per heavy atom. The predicted octanol–water partition coefficient (Wildman–Crippen LogP) is 8.39. The van der Waals surface area contributed by atoms with Gasteiger partial charge in [-0.15, -0.1) is 0 Å². The van der Waals surface area contributed by atoms with E-state index in [0.717, 1.165) is 44.9 Å². The number of hydrogen-bond donors (Lipinski definition) is 0. The smallest absolute Gasteiger partial charge is 0.307 e. The zero-order chi connectivity index (χ0) is 39.1. The van der Waals surface area contributed by atoms with Gasteiger partial charge in [0.25, 0.3) is 0 Å². The Kier molecular flexibility index (Phi) is 10.3. The van der Waals surface area contributed by atoms with Gasteiger partial charge >= 0.3 is 11.9 Å². The zero-order valence-corrected chi connectivity index (χ0v) is 34.8. The number of nitrogens with zero attached hydrogens (tertiary/aromatic N) is 2. The van der Waals surface area contributed by atoms with E-state index in [9.17, 15) is 19.2 Å². The van der Waals surface area contributed by atoms with Gasteiger partial charge in [-0.2, -0.15) is 0 Å². The Balaban J connectivity index is 0.917. The fourth-order valence-electron chi connectivity index (χ4n) is 13.9. The zero-order valence-electron chi connectivity index (χ0n) is 34.8. The first-order valence-electron chi connectivity index (χ1n) is 21.5. The highest BCUT2D eigenvalue weighted by Gasteiger charge is 2.63. The lowest BCUT2D eigenvalue weighted by Gasteiger charge is -2.35. The molecule has 0 aromatic heterocycles. The van der Waals surface area contributed by atoms with Gasteiger partial charge in [0.15, 0.2) is 0 Å². The minimum Gasteiger partial charge on any atom is -0.462 e. The van der Waals surface area contributed by atoms with Crippen LogP contribution in [0.5, 0.6) is 0 Å². The molecular formula is C46H70N2O6. The second kappa shape index (κ2) is 14.1. The molecule has 0 aromatic rings. The average molecular weight is 747 g/mol. The summed E-state index contributed by atoms with van der Waals surface area (Å²) in [5.74, 6) is 3.51. The molecular weight excluding hydrogens is 677 g/mol. The van der Waals surface area contributed by atoms with Crippen LogP contribution in [0, 0.1) is 69.0 Å². The van der Waals surface area contributed by atoms with Gasteiger partial charge in [-0.05, 0) is 135 Å². The molecule has 6 bridgehead atoms. The first-order valence-corrected chi connectivity index (χ1v) is 21.5. The van der Waals surface area contributed by atoms with Gasteiger partial charge in [0.1, 0.15) is 12.2 Å². The van der Waals surface area contributed by atoms with Crippen molar-refractivity contribution >= 4 is 23.8 Å². The van der Waals surface area contributed by atoms with Crippen molar-refractivity contribution in [2.75, 3.05) is 26.2 Å². The molecule has 7 aliphatic rings. The minimum atomic E-state index is -0.193. The van der Waals surface area contributed by atoms with Crippen LogP contribution in [0.15, 0.2) is 24.3 Å². The van der Waals surface area contributed by atoms with Crippen LogP contribution in [0.25, 0.3) is 0 Å². The van der Waals surface area contributed by atoms with Crippen LogP contribution >= 0.6 is 0 Å². The summed E-state index contributed by atoms with van der Waals surface area (Å²) in [4.78, 5) is 56.9. The van der Waals surface area contributed by atoms with Crippen LogP contribution < -0.4 is 0 Å². The molecule has 7 rings (SSSR count). The summed E-state index contributed by atoms with van der Waals surface area (Å²) in [7, 11) is 0. The van der Waals surface area contributed by atoms with Gasteiger partial charge in [-0.3, -0.25) is 19.2 Å². The molecule has 8 nitrogen and oxygen atoms in total. The molecule has 7 saturated carbocycles. The van der Waals surface area contributed by atoms with Crippen LogP contribution in [-0.2, 0) is 28.7 Å². The van der Waals surface area contributed by atoms with E-state index in [0.29, 0.717) is 84.7 Å².